The molecule has 0 radical (unpaired) electrons. The van der Waals surface area contributed by atoms with E-state index in [4.69, 9.17) is 27.9 Å². The lowest BCUT2D eigenvalue weighted by Gasteiger charge is -2.15. The lowest BCUT2D eigenvalue weighted by Crippen LogP contribution is -2.30. The van der Waals surface area contributed by atoms with Gasteiger partial charge in [0.1, 0.15) is 18.1 Å². The van der Waals surface area contributed by atoms with E-state index in [-0.39, 0.29) is 11.6 Å². The Bertz CT molecular complexity index is 1920. The van der Waals surface area contributed by atoms with E-state index in [1.54, 1.807) is 73.7 Å². The monoisotopic (exact) mass is 695 g/mol. The van der Waals surface area contributed by atoms with Gasteiger partial charge in [0.05, 0.1) is 16.0 Å². The van der Waals surface area contributed by atoms with Crippen LogP contribution in [-0.4, -0.2) is 23.0 Å². The van der Waals surface area contributed by atoms with Crippen LogP contribution in [0.4, 0.5) is 11.4 Å². The molecule has 1 unspecified atom stereocenters. The van der Waals surface area contributed by atoms with Gasteiger partial charge in [0.25, 0.3) is 11.8 Å². The van der Waals surface area contributed by atoms with Crippen LogP contribution in [0.3, 0.4) is 0 Å². The Balaban J connectivity index is 1.28. The summed E-state index contributed by atoms with van der Waals surface area (Å²) >= 11 is 13.5. The SMILES string of the molecule is CC(Sc1cccc(NC(=O)/C(=C/c2ccc(OCc3ccccc3)cc2)NC(=O)c2ccccc2)c1)C(=O)Nc1ccc(Cl)cc1Cl. The van der Waals surface area contributed by atoms with E-state index in [0.717, 1.165) is 10.5 Å². The second-order valence-corrected chi connectivity index (χ2v) is 12.8. The van der Waals surface area contributed by atoms with Crippen molar-refractivity contribution in [3.05, 3.63) is 160 Å². The summed E-state index contributed by atoms with van der Waals surface area (Å²) in [7, 11) is 0. The molecule has 0 aliphatic carbocycles. The number of anilines is 2. The highest BCUT2D eigenvalue weighted by atomic mass is 35.5. The fourth-order valence-corrected chi connectivity index (χ4v) is 5.82. The van der Waals surface area contributed by atoms with E-state index in [2.05, 4.69) is 16.0 Å². The minimum atomic E-state index is -0.519. The van der Waals surface area contributed by atoms with Gasteiger partial charge in [-0.05, 0) is 84.8 Å². The average Bonchev–Trinajstić information content (AvgIpc) is 3.09. The van der Waals surface area contributed by atoms with E-state index in [0.29, 0.717) is 44.9 Å². The van der Waals surface area contributed by atoms with E-state index in [9.17, 15) is 14.4 Å². The number of rotatable bonds is 12. The lowest BCUT2D eigenvalue weighted by molar-refractivity contribution is -0.115. The second-order valence-electron chi connectivity index (χ2n) is 10.6. The normalized spacial score (nSPS) is 11.7. The van der Waals surface area contributed by atoms with Crippen molar-refractivity contribution in [2.24, 2.45) is 0 Å². The first-order valence-electron chi connectivity index (χ1n) is 14.9. The molecule has 242 valence electrons. The molecule has 5 rings (SSSR count). The fraction of sp³-hybridized carbons (Fsp3) is 0.0789. The molecule has 0 aliphatic heterocycles. The largest absolute Gasteiger partial charge is 0.489 e. The maximum absolute atomic E-state index is 13.6. The quantitative estimate of drug-likeness (QED) is 0.0894. The molecular weight excluding hydrogens is 665 g/mol. The standard InChI is InChI=1S/C38H31Cl2N3O4S/c1-25(36(44)42-34-20-17-29(39)22-33(34)40)48-32-14-8-13-30(23-32)41-38(46)35(43-37(45)28-11-6-3-7-12-28)21-26-15-18-31(19-16-26)47-24-27-9-4-2-5-10-27/h2-23,25H,24H2,1H3,(H,41,46)(H,42,44)(H,43,45)/b35-21-. The molecule has 10 heteroatoms. The van der Waals surface area contributed by atoms with Crippen LogP contribution < -0.4 is 20.7 Å². The first-order valence-corrected chi connectivity index (χ1v) is 16.6. The number of carbonyl (C=O) groups excluding carboxylic acids is 3. The number of carbonyl (C=O) groups is 3. The van der Waals surface area contributed by atoms with Gasteiger partial charge >= 0.3 is 0 Å². The summed E-state index contributed by atoms with van der Waals surface area (Å²) in [6.45, 7) is 2.20. The Morgan fingerprint density at radius 1 is 0.792 bits per heavy atom. The van der Waals surface area contributed by atoms with E-state index < -0.39 is 17.1 Å². The molecule has 5 aromatic carbocycles. The van der Waals surface area contributed by atoms with Crippen LogP contribution in [0.5, 0.6) is 5.75 Å². The molecule has 1 atom stereocenters. The summed E-state index contributed by atoms with van der Waals surface area (Å²) < 4.78 is 5.89. The highest BCUT2D eigenvalue weighted by Gasteiger charge is 2.18. The number of hydrogen-bond donors (Lipinski definition) is 3. The average molecular weight is 697 g/mol. The third kappa shape index (κ3) is 9.99. The fourth-order valence-electron chi connectivity index (χ4n) is 4.44. The van der Waals surface area contributed by atoms with Crippen LogP contribution in [0, 0.1) is 0 Å². The Morgan fingerprint density at radius 2 is 1.50 bits per heavy atom. The Kier molecular flexibility index (Phi) is 11.9. The van der Waals surface area contributed by atoms with Crippen molar-refractivity contribution in [2.75, 3.05) is 10.6 Å². The van der Waals surface area contributed by atoms with E-state index in [1.807, 2.05) is 66.7 Å². The van der Waals surface area contributed by atoms with Crippen LogP contribution in [0.15, 0.2) is 138 Å². The van der Waals surface area contributed by atoms with Crippen LogP contribution in [0.1, 0.15) is 28.4 Å². The molecule has 0 saturated heterocycles. The molecule has 5 aromatic rings. The number of hydrogen-bond acceptors (Lipinski definition) is 5. The van der Waals surface area contributed by atoms with Gasteiger partial charge in [-0.25, -0.2) is 0 Å². The van der Waals surface area contributed by atoms with Gasteiger partial charge < -0.3 is 20.7 Å². The molecule has 3 N–H and O–H groups in total. The highest BCUT2D eigenvalue weighted by molar-refractivity contribution is 8.00. The third-order valence-electron chi connectivity index (χ3n) is 6.93. The number of benzene rings is 5. The molecule has 0 spiro atoms. The molecule has 0 heterocycles. The van der Waals surface area contributed by atoms with Crippen molar-refractivity contribution in [2.45, 2.75) is 23.7 Å². The van der Waals surface area contributed by atoms with Crippen molar-refractivity contribution in [1.82, 2.24) is 5.32 Å². The summed E-state index contributed by atoms with van der Waals surface area (Å²) in [6.07, 6.45) is 1.60. The van der Waals surface area contributed by atoms with Crippen molar-refractivity contribution >= 4 is 70.1 Å². The van der Waals surface area contributed by atoms with Gasteiger partial charge in [-0.2, -0.15) is 0 Å². The summed E-state index contributed by atoms with van der Waals surface area (Å²) in [5.41, 5.74) is 3.14. The molecule has 0 bridgehead atoms. The summed E-state index contributed by atoms with van der Waals surface area (Å²) in [4.78, 5) is 40.3. The smallest absolute Gasteiger partial charge is 0.272 e. The molecule has 48 heavy (non-hydrogen) atoms. The number of ether oxygens (including phenoxy) is 1. The van der Waals surface area contributed by atoms with Crippen LogP contribution in [0.2, 0.25) is 10.0 Å². The summed E-state index contributed by atoms with van der Waals surface area (Å²) in [5.74, 6) is -0.522. The molecular formula is C38H31Cl2N3O4S. The minimum Gasteiger partial charge on any atom is -0.489 e. The Morgan fingerprint density at radius 3 is 2.21 bits per heavy atom. The molecule has 0 aliphatic rings. The molecule has 0 aromatic heterocycles. The van der Waals surface area contributed by atoms with E-state index in [1.165, 1.54) is 11.8 Å². The number of nitrogens with one attached hydrogen (secondary N) is 3. The van der Waals surface area contributed by atoms with Gasteiger partial charge in [0.2, 0.25) is 5.91 Å². The third-order valence-corrected chi connectivity index (χ3v) is 8.57. The molecule has 3 amide bonds. The summed E-state index contributed by atoms with van der Waals surface area (Å²) in [5, 5.41) is 8.78. The van der Waals surface area contributed by atoms with Crippen LogP contribution in [0.25, 0.3) is 6.08 Å². The Labute approximate surface area is 293 Å². The summed E-state index contributed by atoms with van der Waals surface area (Å²) in [6, 6.07) is 37.7. The zero-order valence-corrected chi connectivity index (χ0v) is 28.1. The number of thioether (sulfide) groups is 1. The van der Waals surface area contributed by atoms with Crippen LogP contribution in [-0.2, 0) is 16.2 Å². The van der Waals surface area contributed by atoms with Gasteiger partial charge in [0, 0.05) is 21.2 Å². The first kappa shape index (κ1) is 34.3. The van der Waals surface area contributed by atoms with Gasteiger partial charge in [-0.15, -0.1) is 11.8 Å². The number of halogens is 2. The van der Waals surface area contributed by atoms with Crippen LogP contribution >= 0.6 is 35.0 Å². The van der Waals surface area contributed by atoms with Crippen molar-refractivity contribution in [3.63, 3.8) is 0 Å². The second kappa shape index (κ2) is 16.7. The minimum absolute atomic E-state index is 0.0486. The maximum atomic E-state index is 13.6. The van der Waals surface area contributed by atoms with Gasteiger partial charge in [-0.3, -0.25) is 14.4 Å². The van der Waals surface area contributed by atoms with Crippen molar-refractivity contribution < 1.29 is 19.1 Å². The predicted molar refractivity (Wildman–Crippen MR) is 195 cm³/mol. The van der Waals surface area contributed by atoms with Crippen molar-refractivity contribution in [3.8, 4) is 5.75 Å². The Hall–Kier alpha value is -5.02. The zero-order valence-electron chi connectivity index (χ0n) is 25.8. The lowest BCUT2D eigenvalue weighted by atomic mass is 10.1. The zero-order chi connectivity index (χ0) is 33.9. The highest BCUT2D eigenvalue weighted by Crippen LogP contribution is 2.29. The van der Waals surface area contributed by atoms with Crippen molar-refractivity contribution in [1.29, 1.82) is 0 Å². The number of amides is 3. The maximum Gasteiger partial charge on any atom is 0.272 e. The predicted octanol–water partition coefficient (Wildman–Crippen LogP) is 9.10. The topological polar surface area (TPSA) is 96.5 Å². The van der Waals surface area contributed by atoms with Gasteiger partial charge in [-0.1, -0.05) is 89.9 Å². The molecule has 7 nitrogen and oxygen atoms in total. The van der Waals surface area contributed by atoms with Gasteiger partial charge in [0.15, 0.2) is 0 Å². The first-order chi connectivity index (χ1) is 23.2. The molecule has 0 fully saturated rings. The van der Waals surface area contributed by atoms with E-state index >= 15 is 0 Å². The molecule has 0 saturated carbocycles.